The van der Waals surface area contributed by atoms with Gasteiger partial charge in [-0.25, -0.2) is 0 Å². The second kappa shape index (κ2) is 7.70. The van der Waals surface area contributed by atoms with Gasteiger partial charge in [-0.3, -0.25) is 4.79 Å². The molecule has 4 heteroatoms. The molecule has 1 aromatic rings. The molecule has 0 saturated heterocycles. The number of carbonyl (C=O) groups excluding carboxylic acids is 1. The van der Waals surface area contributed by atoms with Gasteiger partial charge in [-0.15, -0.1) is 11.8 Å². The zero-order valence-electron chi connectivity index (χ0n) is 13.0. The summed E-state index contributed by atoms with van der Waals surface area (Å²) in [5.41, 5.74) is 0.682. The number of carbonyl (C=O) groups is 1. The Labute approximate surface area is 126 Å². The normalized spacial score (nSPS) is 14.1. The zero-order valence-corrected chi connectivity index (χ0v) is 13.8. The van der Waals surface area contributed by atoms with Crippen LogP contribution < -0.4 is 5.32 Å². The number of hydrogen-bond acceptors (Lipinski definition) is 4. The molecule has 0 aliphatic carbocycles. The number of methoxy groups -OCH3 is 1. The molecule has 1 atom stereocenters. The van der Waals surface area contributed by atoms with E-state index in [1.807, 2.05) is 13.8 Å². The van der Waals surface area contributed by atoms with E-state index in [4.69, 9.17) is 4.74 Å². The Morgan fingerprint density at radius 3 is 2.40 bits per heavy atom. The summed E-state index contributed by atoms with van der Waals surface area (Å²) in [6, 6.07) is 8.53. The number of rotatable bonds is 7. The molecule has 0 saturated carbocycles. The number of likely N-dealkylation sites (N-methyl/N-ethyl adjacent to an activating group) is 1. The van der Waals surface area contributed by atoms with Gasteiger partial charge in [-0.1, -0.05) is 32.9 Å². The molecule has 0 spiro atoms. The van der Waals surface area contributed by atoms with Crippen molar-refractivity contribution in [3.63, 3.8) is 0 Å². The highest BCUT2D eigenvalue weighted by Crippen LogP contribution is 2.25. The monoisotopic (exact) mass is 295 g/mol. The largest absolute Gasteiger partial charge is 0.468 e. The standard InChI is InChI=1S/C16H25NO2S/c1-6-17-16(4,15(18)19-5)11-20-14-9-7-13(8-10-14)12(2)3/h7-10,12,17H,6,11H2,1-5H3. The van der Waals surface area contributed by atoms with Crippen molar-refractivity contribution in [1.82, 2.24) is 5.32 Å². The Kier molecular flexibility index (Phi) is 6.56. The first-order chi connectivity index (χ1) is 9.42. The van der Waals surface area contributed by atoms with Gasteiger partial charge in [0.05, 0.1) is 7.11 Å². The molecule has 0 amide bonds. The summed E-state index contributed by atoms with van der Waals surface area (Å²) in [6.45, 7) is 8.98. The van der Waals surface area contributed by atoms with Crippen molar-refractivity contribution in [3.8, 4) is 0 Å². The van der Waals surface area contributed by atoms with Crippen LogP contribution in [0.3, 0.4) is 0 Å². The minimum Gasteiger partial charge on any atom is -0.468 e. The van der Waals surface area contributed by atoms with Crippen LogP contribution in [0.15, 0.2) is 29.2 Å². The fourth-order valence-corrected chi connectivity index (χ4v) is 2.98. The third-order valence-electron chi connectivity index (χ3n) is 3.28. The lowest BCUT2D eigenvalue weighted by Crippen LogP contribution is -2.52. The summed E-state index contributed by atoms with van der Waals surface area (Å²) in [5, 5.41) is 3.21. The highest BCUT2D eigenvalue weighted by atomic mass is 32.2. The van der Waals surface area contributed by atoms with Crippen molar-refractivity contribution in [2.45, 2.75) is 44.0 Å². The van der Waals surface area contributed by atoms with Gasteiger partial charge in [0, 0.05) is 10.6 Å². The van der Waals surface area contributed by atoms with Gasteiger partial charge in [0.25, 0.3) is 0 Å². The minimum absolute atomic E-state index is 0.217. The summed E-state index contributed by atoms with van der Waals surface area (Å²) in [6.07, 6.45) is 0. The van der Waals surface area contributed by atoms with E-state index in [-0.39, 0.29) is 5.97 Å². The molecule has 0 aromatic heterocycles. The fraction of sp³-hybridized carbons (Fsp3) is 0.562. The summed E-state index contributed by atoms with van der Waals surface area (Å²) in [4.78, 5) is 13.1. The van der Waals surface area contributed by atoms with Crippen LogP contribution in [0.2, 0.25) is 0 Å². The molecule has 112 valence electrons. The van der Waals surface area contributed by atoms with Gasteiger partial charge < -0.3 is 10.1 Å². The number of benzene rings is 1. The maximum Gasteiger partial charge on any atom is 0.326 e. The van der Waals surface area contributed by atoms with Crippen LogP contribution in [-0.4, -0.2) is 30.9 Å². The lowest BCUT2D eigenvalue weighted by atomic mass is 10.0. The second-order valence-corrected chi connectivity index (χ2v) is 6.42. The van der Waals surface area contributed by atoms with Gasteiger partial charge in [-0.2, -0.15) is 0 Å². The van der Waals surface area contributed by atoms with Crippen molar-refractivity contribution in [3.05, 3.63) is 29.8 Å². The van der Waals surface area contributed by atoms with Crippen molar-refractivity contribution in [1.29, 1.82) is 0 Å². The van der Waals surface area contributed by atoms with E-state index in [1.54, 1.807) is 11.8 Å². The molecule has 1 N–H and O–H groups in total. The first kappa shape index (κ1) is 17.1. The summed E-state index contributed by atoms with van der Waals surface area (Å²) >= 11 is 1.67. The van der Waals surface area contributed by atoms with Crippen LogP contribution in [0.1, 0.15) is 39.2 Å². The average molecular weight is 295 g/mol. The highest BCUT2D eigenvalue weighted by molar-refractivity contribution is 7.99. The molecule has 20 heavy (non-hydrogen) atoms. The summed E-state index contributed by atoms with van der Waals surface area (Å²) < 4.78 is 4.89. The predicted octanol–water partition coefficient (Wildman–Crippen LogP) is 3.44. The first-order valence-corrected chi connectivity index (χ1v) is 7.97. The number of esters is 1. The molecule has 3 nitrogen and oxygen atoms in total. The van der Waals surface area contributed by atoms with E-state index in [0.717, 1.165) is 6.54 Å². The smallest absolute Gasteiger partial charge is 0.326 e. The van der Waals surface area contributed by atoms with E-state index in [1.165, 1.54) is 17.6 Å². The molecule has 0 aliphatic heterocycles. The average Bonchev–Trinajstić information content (AvgIpc) is 2.45. The van der Waals surface area contributed by atoms with Gasteiger partial charge in [-0.05, 0) is 37.1 Å². The molecule has 0 radical (unpaired) electrons. The molecule has 1 rings (SSSR count). The second-order valence-electron chi connectivity index (χ2n) is 5.37. The third-order valence-corrected chi connectivity index (χ3v) is 4.60. The van der Waals surface area contributed by atoms with Crippen molar-refractivity contribution >= 4 is 17.7 Å². The van der Waals surface area contributed by atoms with Gasteiger partial charge in [0.15, 0.2) is 0 Å². The SMILES string of the molecule is CCNC(C)(CSc1ccc(C(C)C)cc1)C(=O)OC. The number of nitrogens with one attached hydrogen (secondary N) is 1. The zero-order chi connectivity index (χ0) is 15.2. The van der Waals surface area contributed by atoms with Crippen LogP contribution in [0.4, 0.5) is 0 Å². The fourth-order valence-electron chi connectivity index (χ4n) is 1.97. The van der Waals surface area contributed by atoms with E-state index in [2.05, 4.69) is 43.4 Å². The van der Waals surface area contributed by atoms with Gasteiger partial charge in [0.2, 0.25) is 0 Å². The highest BCUT2D eigenvalue weighted by Gasteiger charge is 2.33. The van der Waals surface area contributed by atoms with Crippen LogP contribution in [-0.2, 0) is 9.53 Å². The Morgan fingerprint density at radius 2 is 1.95 bits per heavy atom. The van der Waals surface area contributed by atoms with Crippen LogP contribution in [0, 0.1) is 0 Å². The number of hydrogen-bond donors (Lipinski definition) is 1. The molecule has 0 fully saturated rings. The lowest BCUT2D eigenvalue weighted by Gasteiger charge is -2.27. The Bertz CT molecular complexity index is 431. The van der Waals surface area contributed by atoms with Crippen LogP contribution in [0.25, 0.3) is 0 Å². The number of ether oxygens (including phenoxy) is 1. The van der Waals surface area contributed by atoms with E-state index in [0.29, 0.717) is 11.7 Å². The number of thioether (sulfide) groups is 1. The van der Waals surface area contributed by atoms with Crippen LogP contribution in [0.5, 0.6) is 0 Å². The van der Waals surface area contributed by atoms with E-state index in [9.17, 15) is 4.79 Å². The summed E-state index contributed by atoms with van der Waals surface area (Å²) in [5.74, 6) is 0.968. The van der Waals surface area contributed by atoms with Gasteiger partial charge in [0.1, 0.15) is 5.54 Å². The topological polar surface area (TPSA) is 38.3 Å². The molecule has 1 unspecified atom stereocenters. The minimum atomic E-state index is -0.648. The first-order valence-electron chi connectivity index (χ1n) is 6.99. The van der Waals surface area contributed by atoms with E-state index >= 15 is 0 Å². The van der Waals surface area contributed by atoms with Gasteiger partial charge >= 0.3 is 5.97 Å². The maximum atomic E-state index is 11.9. The Morgan fingerprint density at radius 1 is 1.35 bits per heavy atom. The van der Waals surface area contributed by atoms with Crippen molar-refractivity contribution in [2.75, 3.05) is 19.4 Å². The van der Waals surface area contributed by atoms with E-state index < -0.39 is 5.54 Å². The van der Waals surface area contributed by atoms with Crippen LogP contribution >= 0.6 is 11.8 Å². The third kappa shape index (κ3) is 4.53. The Balaban J connectivity index is 2.70. The quantitative estimate of drug-likeness (QED) is 0.618. The lowest BCUT2D eigenvalue weighted by molar-refractivity contribution is -0.146. The predicted molar refractivity (Wildman–Crippen MR) is 85.4 cm³/mol. The molecule has 1 aromatic carbocycles. The molecular formula is C16H25NO2S. The van der Waals surface area contributed by atoms with Crippen molar-refractivity contribution < 1.29 is 9.53 Å². The molecule has 0 bridgehead atoms. The maximum absolute atomic E-state index is 11.9. The van der Waals surface area contributed by atoms with Crippen molar-refractivity contribution in [2.24, 2.45) is 0 Å². The Hall–Kier alpha value is -1.00. The molecule has 0 heterocycles. The molecule has 0 aliphatic rings. The molecular weight excluding hydrogens is 270 g/mol. The summed E-state index contributed by atoms with van der Waals surface area (Å²) in [7, 11) is 1.43.